The predicted octanol–water partition coefficient (Wildman–Crippen LogP) is 3.68. The molecule has 0 fully saturated rings. The van der Waals surface area contributed by atoms with Crippen molar-refractivity contribution in [3.63, 3.8) is 0 Å². The first-order chi connectivity index (χ1) is 10.4. The van der Waals surface area contributed by atoms with E-state index in [1.807, 2.05) is 32.0 Å². The number of rotatable bonds is 5. The molecule has 0 saturated heterocycles. The van der Waals surface area contributed by atoms with Crippen LogP contribution in [0.5, 0.6) is 0 Å². The van der Waals surface area contributed by atoms with Crippen LogP contribution in [0, 0.1) is 5.92 Å². The number of aryl methyl sites for hydroxylation is 1. The molecule has 4 heteroatoms. The maximum Gasteiger partial charge on any atom is 0.343 e. The van der Waals surface area contributed by atoms with Gasteiger partial charge in [0.05, 0.1) is 6.10 Å². The first-order valence-electron chi connectivity index (χ1n) is 7.77. The molecule has 1 N–H and O–H groups in total. The van der Waals surface area contributed by atoms with Crippen LogP contribution in [-0.2, 0) is 11.2 Å². The molecule has 0 aliphatic carbocycles. The number of hydrogen-bond donors (Lipinski definition) is 1. The highest BCUT2D eigenvalue weighted by Crippen LogP contribution is 2.14. The third kappa shape index (κ3) is 3.56. The fourth-order valence-corrected chi connectivity index (χ4v) is 2.60. The van der Waals surface area contributed by atoms with E-state index in [0.29, 0.717) is 11.3 Å². The summed E-state index contributed by atoms with van der Waals surface area (Å²) in [5, 5.41) is 0.533. The van der Waals surface area contributed by atoms with Gasteiger partial charge >= 0.3 is 5.97 Å². The second-order valence-corrected chi connectivity index (χ2v) is 6.11. The van der Waals surface area contributed by atoms with Gasteiger partial charge in [0.15, 0.2) is 0 Å². The van der Waals surface area contributed by atoms with Crippen LogP contribution in [0.4, 0.5) is 0 Å². The molecule has 1 aromatic carbocycles. The Balaban J connectivity index is 2.33. The lowest BCUT2D eigenvalue weighted by Crippen LogP contribution is -2.23. The maximum absolute atomic E-state index is 12.5. The minimum atomic E-state index is -0.557. The molecular formula is C18H23NO3. The fourth-order valence-electron chi connectivity index (χ4n) is 2.60. The van der Waals surface area contributed by atoms with Gasteiger partial charge in [-0.15, -0.1) is 0 Å². The Morgan fingerprint density at radius 1 is 1.27 bits per heavy atom. The standard InChI is InChI=1S/C18H23NO3/c1-5-13-6-7-16-14(9-13)17(20)15(10-19-16)18(21)22-12(4)8-11(2)3/h6-7,9-12H,5,8H2,1-4H3,(H,19,20). The molecule has 0 amide bonds. The molecular weight excluding hydrogens is 278 g/mol. The van der Waals surface area contributed by atoms with E-state index >= 15 is 0 Å². The van der Waals surface area contributed by atoms with Crippen LogP contribution >= 0.6 is 0 Å². The van der Waals surface area contributed by atoms with Crippen LogP contribution in [0.15, 0.2) is 29.2 Å². The van der Waals surface area contributed by atoms with E-state index < -0.39 is 5.97 Å². The molecule has 0 saturated carbocycles. The van der Waals surface area contributed by atoms with Gasteiger partial charge in [0.25, 0.3) is 0 Å². The summed E-state index contributed by atoms with van der Waals surface area (Å²) in [5.41, 5.74) is 1.59. The van der Waals surface area contributed by atoms with Gasteiger partial charge in [0.1, 0.15) is 5.56 Å². The number of carbonyl (C=O) groups is 1. The van der Waals surface area contributed by atoms with Crippen molar-refractivity contribution in [1.82, 2.24) is 4.98 Å². The van der Waals surface area contributed by atoms with Crippen molar-refractivity contribution in [3.05, 3.63) is 45.7 Å². The number of aromatic nitrogens is 1. The molecule has 2 rings (SSSR count). The lowest BCUT2D eigenvalue weighted by molar-refractivity contribution is 0.0298. The van der Waals surface area contributed by atoms with Crippen LogP contribution in [0.1, 0.15) is 50.0 Å². The van der Waals surface area contributed by atoms with Crippen LogP contribution in [0.3, 0.4) is 0 Å². The summed E-state index contributed by atoms with van der Waals surface area (Å²) in [6, 6.07) is 5.68. The van der Waals surface area contributed by atoms with Gasteiger partial charge in [-0.1, -0.05) is 26.8 Å². The van der Waals surface area contributed by atoms with Crippen molar-refractivity contribution in [2.75, 3.05) is 0 Å². The lowest BCUT2D eigenvalue weighted by atomic mass is 10.1. The minimum Gasteiger partial charge on any atom is -0.459 e. The van der Waals surface area contributed by atoms with Crippen molar-refractivity contribution >= 4 is 16.9 Å². The van der Waals surface area contributed by atoms with E-state index in [4.69, 9.17) is 4.74 Å². The van der Waals surface area contributed by atoms with Crippen LogP contribution in [0.25, 0.3) is 10.9 Å². The SMILES string of the molecule is CCc1ccc2[nH]cc(C(=O)OC(C)CC(C)C)c(=O)c2c1. The second-order valence-electron chi connectivity index (χ2n) is 6.11. The van der Waals surface area contributed by atoms with Crippen molar-refractivity contribution in [3.8, 4) is 0 Å². The molecule has 1 aromatic heterocycles. The first kappa shape index (κ1) is 16.3. The summed E-state index contributed by atoms with van der Waals surface area (Å²) in [5.74, 6) is -0.122. The summed E-state index contributed by atoms with van der Waals surface area (Å²) < 4.78 is 5.37. The molecule has 4 nitrogen and oxygen atoms in total. The van der Waals surface area contributed by atoms with Crippen LogP contribution < -0.4 is 5.43 Å². The third-order valence-corrected chi connectivity index (χ3v) is 3.68. The summed E-state index contributed by atoms with van der Waals surface area (Å²) in [4.78, 5) is 27.7. The number of carbonyl (C=O) groups excluding carboxylic acids is 1. The molecule has 0 spiro atoms. The quantitative estimate of drug-likeness (QED) is 0.857. The molecule has 2 aromatic rings. The lowest BCUT2D eigenvalue weighted by Gasteiger charge is -2.15. The zero-order chi connectivity index (χ0) is 16.3. The van der Waals surface area contributed by atoms with Gasteiger partial charge in [-0.05, 0) is 43.4 Å². The molecule has 1 atom stereocenters. The van der Waals surface area contributed by atoms with E-state index in [2.05, 4.69) is 18.8 Å². The average molecular weight is 301 g/mol. The number of H-pyrrole nitrogens is 1. The van der Waals surface area contributed by atoms with Gasteiger partial charge in [-0.25, -0.2) is 4.79 Å². The Hall–Kier alpha value is -2.10. The number of nitrogens with one attached hydrogen (secondary N) is 1. The highest BCUT2D eigenvalue weighted by atomic mass is 16.5. The zero-order valence-electron chi connectivity index (χ0n) is 13.6. The van der Waals surface area contributed by atoms with Gasteiger partial charge in [-0.2, -0.15) is 0 Å². The third-order valence-electron chi connectivity index (χ3n) is 3.68. The highest BCUT2D eigenvalue weighted by Gasteiger charge is 2.17. The highest BCUT2D eigenvalue weighted by molar-refractivity contribution is 5.93. The molecule has 22 heavy (non-hydrogen) atoms. The monoisotopic (exact) mass is 301 g/mol. The number of esters is 1. The van der Waals surface area contributed by atoms with Crippen molar-refractivity contribution in [2.24, 2.45) is 5.92 Å². The van der Waals surface area contributed by atoms with Crippen molar-refractivity contribution < 1.29 is 9.53 Å². The van der Waals surface area contributed by atoms with E-state index in [0.717, 1.165) is 23.9 Å². The molecule has 0 aliphatic rings. The van der Waals surface area contributed by atoms with Crippen LogP contribution in [0.2, 0.25) is 0 Å². The van der Waals surface area contributed by atoms with Gasteiger partial charge in [-0.3, -0.25) is 4.79 Å². The maximum atomic E-state index is 12.5. The topological polar surface area (TPSA) is 59.2 Å². The smallest absolute Gasteiger partial charge is 0.343 e. The van der Waals surface area contributed by atoms with E-state index in [1.165, 1.54) is 6.20 Å². The summed E-state index contributed by atoms with van der Waals surface area (Å²) in [6.45, 7) is 8.02. The van der Waals surface area contributed by atoms with Crippen LogP contribution in [-0.4, -0.2) is 17.1 Å². The Kier molecular flexibility index (Phi) is 5.01. The second kappa shape index (κ2) is 6.77. The molecule has 0 radical (unpaired) electrons. The van der Waals surface area contributed by atoms with Crippen molar-refractivity contribution in [1.29, 1.82) is 0 Å². The first-order valence-corrected chi connectivity index (χ1v) is 7.77. The number of aromatic amines is 1. The zero-order valence-corrected chi connectivity index (χ0v) is 13.6. The Morgan fingerprint density at radius 2 is 2.00 bits per heavy atom. The number of pyridine rings is 1. The largest absolute Gasteiger partial charge is 0.459 e. The van der Waals surface area contributed by atoms with E-state index in [1.54, 1.807) is 0 Å². The number of benzene rings is 1. The van der Waals surface area contributed by atoms with Gasteiger partial charge in [0, 0.05) is 17.1 Å². The Labute approximate surface area is 130 Å². The molecule has 1 heterocycles. The van der Waals surface area contributed by atoms with E-state index in [9.17, 15) is 9.59 Å². The molecule has 0 aliphatic heterocycles. The normalized spacial score (nSPS) is 12.6. The number of ether oxygens (including phenoxy) is 1. The van der Waals surface area contributed by atoms with E-state index in [-0.39, 0.29) is 17.1 Å². The Morgan fingerprint density at radius 3 is 2.64 bits per heavy atom. The minimum absolute atomic E-state index is 0.0661. The fraction of sp³-hybridized carbons (Fsp3) is 0.444. The van der Waals surface area contributed by atoms with Gasteiger partial charge in [0.2, 0.25) is 5.43 Å². The summed E-state index contributed by atoms with van der Waals surface area (Å²) in [6.07, 6.45) is 2.86. The molecule has 118 valence electrons. The van der Waals surface area contributed by atoms with Gasteiger partial charge < -0.3 is 9.72 Å². The number of hydrogen-bond acceptors (Lipinski definition) is 3. The average Bonchev–Trinajstić information content (AvgIpc) is 2.46. The van der Waals surface area contributed by atoms with Crippen molar-refractivity contribution in [2.45, 2.75) is 46.6 Å². The number of fused-ring (bicyclic) bond motifs is 1. The Bertz CT molecular complexity index is 731. The molecule has 1 unspecified atom stereocenters. The molecule has 0 bridgehead atoms. The predicted molar refractivity (Wildman–Crippen MR) is 88.3 cm³/mol. The summed E-state index contributed by atoms with van der Waals surface area (Å²) in [7, 11) is 0. The summed E-state index contributed by atoms with van der Waals surface area (Å²) >= 11 is 0.